The third-order valence-corrected chi connectivity index (χ3v) is 2.93. The number of nitrogens with zero attached hydrogens (tertiary/aromatic N) is 1. The lowest BCUT2D eigenvalue weighted by Crippen LogP contribution is -2.34. The zero-order valence-electron chi connectivity index (χ0n) is 10.5. The van der Waals surface area contributed by atoms with E-state index in [1.54, 1.807) is 18.0 Å². The summed E-state index contributed by atoms with van der Waals surface area (Å²) in [6.45, 7) is 4.02. The van der Waals surface area contributed by atoms with Crippen LogP contribution in [0, 0.1) is 0 Å². The Bertz CT molecular complexity index is 404. The van der Waals surface area contributed by atoms with E-state index < -0.39 is 0 Å². The first-order chi connectivity index (χ1) is 7.99. The van der Waals surface area contributed by atoms with Gasteiger partial charge in [-0.3, -0.25) is 4.79 Å². The number of amides is 1. The molecule has 0 aliphatic carbocycles. The van der Waals surface area contributed by atoms with Crippen molar-refractivity contribution in [2.45, 2.75) is 32.7 Å². The summed E-state index contributed by atoms with van der Waals surface area (Å²) in [6, 6.07) is 4.50. The number of rotatable bonds is 4. The van der Waals surface area contributed by atoms with E-state index in [1.165, 1.54) is 12.1 Å². The molecule has 0 heterocycles. The summed E-state index contributed by atoms with van der Waals surface area (Å²) in [6.07, 6.45) is 1.90. The van der Waals surface area contributed by atoms with Gasteiger partial charge in [-0.1, -0.05) is 19.4 Å². The highest BCUT2D eigenvalue weighted by Gasteiger charge is 2.20. The molecule has 1 aromatic rings. The lowest BCUT2D eigenvalue weighted by molar-refractivity contribution is 0.0733. The van der Waals surface area contributed by atoms with E-state index in [2.05, 4.69) is 6.92 Å². The quantitative estimate of drug-likeness (QED) is 0.790. The molecule has 0 spiro atoms. The summed E-state index contributed by atoms with van der Waals surface area (Å²) in [5.41, 5.74) is 0.135. The van der Waals surface area contributed by atoms with Crippen molar-refractivity contribution < 1.29 is 15.0 Å². The highest BCUT2D eigenvalue weighted by atomic mass is 16.3. The number of carbonyl (C=O) groups is 1. The number of aromatic hydroxyl groups is 2. The number of benzene rings is 1. The highest BCUT2D eigenvalue weighted by Crippen LogP contribution is 2.29. The second kappa shape index (κ2) is 5.57. The SMILES string of the molecule is CCCC(C)N(C)C(=O)c1cccc(O)c1O. The molecule has 4 nitrogen and oxygen atoms in total. The topological polar surface area (TPSA) is 60.8 Å². The van der Waals surface area contributed by atoms with E-state index in [-0.39, 0.29) is 29.0 Å². The van der Waals surface area contributed by atoms with Crippen LogP contribution in [-0.2, 0) is 0 Å². The average molecular weight is 237 g/mol. The van der Waals surface area contributed by atoms with Crippen LogP contribution in [0.3, 0.4) is 0 Å². The number of phenols is 2. The lowest BCUT2D eigenvalue weighted by Gasteiger charge is -2.25. The fourth-order valence-corrected chi connectivity index (χ4v) is 1.71. The van der Waals surface area contributed by atoms with Crippen LogP contribution in [0.4, 0.5) is 0 Å². The largest absolute Gasteiger partial charge is 0.504 e. The average Bonchev–Trinajstić information content (AvgIpc) is 2.31. The third kappa shape index (κ3) is 2.90. The Kier molecular flexibility index (Phi) is 4.37. The summed E-state index contributed by atoms with van der Waals surface area (Å²) < 4.78 is 0. The fraction of sp³-hybridized carbons (Fsp3) is 0.462. The lowest BCUT2D eigenvalue weighted by atomic mass is 10.1. The van der Waals surface area contributed by atoms with Crippen LogP contribution in [0.2, 0.25) is 0 Å². The number of para-hydroxylation sites is 1. The van der Waals surface area contributed by atoms with Gasteiger partial charge in [0.05, 0.1) is 5.56 Å². The molecule has 0 fully saturated rings. The minimum absolute atomic E-state index is 0.106. The summed E-state index contributed by atoms with van der Waals surface area (Å²) in [4.78, 5) is 13.7. The van der Waals surface area contributed by atoms with Gasteiger partial charge in [-0.05, 0) is 25.5 Å². The van der Waals surface area contributed by atoms with Gasteiger partial charge in [0.15, 0.2) is 11.5 Å². The molecule has 1 unspecified atom stereocenters. The van der Waals surface area contributed by atoms with E-state index in [4.69, 9.17) is 0 Å². The van der Waals surface area contributed by atoms with Gasteiger partial charge in [-0.25, -0.2) is 0 Å². The van der Waals surface area contributed by atoms with Gasteiger partial charge >= 0.3 is 0 Å². The maximum absolute atomic E-state index is 12.1. The van der Waals surface area contributed by atoms with Crippen LogP contribution in [0.15, 0.2) is 18.2 Å². The Morgan fingerprint density at radius 2 is 2.06 bits per heavy atom. The highest BCUT2D eigenvalue weighted by molar-refractivity contribution is 5.97. The molecule has 0 aliphatic rings. The maximum Gasteiger partial charge on any atom is 0.257 e. The molecule has 0 aromatic heterocycles. The zero-order valence-corrected chi connectivity index (χ0v) is 10.5. The molecule has 1 aromatic carbocycles. The molecule has 94 valence electrons. The minimum atomic E-state index is -0.354. The molecular formula is C13H19NO3. The van der Waals surface area contributed by atoms with Crippen molar-refractivity contribution in [2.24, 2.45) is 0 Å². The molecule has 4 heteroatoms. The summed E-state index contributed by atoms with van der Waals surface area (Å²) in [5.74, 6) is -0.903. The Hall–Kier alpha value is -1.71. The van der Waals surface area contributed by atoms with Crippen molar-refractivity contribution in [2.75, 3.05) is 7.05 Å². The van der Waals surface area contributed by atoms with Crippen molar-refractivity contribution in [3.63, 3.8) is 0 Å². The second-order valence-electron chi connectivity index (χ2n) is 4.23. The first-order valence-electron chi connectivity index (χ1n) is 5.77. The molecule has 17 heavy (non-hydrogen) atoms. The zero-order chi connectivity index (χ0) is 13.0. The standard InChI is InChI=1S/C13H19NO3/c1-4-6-9(2)14(3)13(17)10-7-5-8-11(15)12(10)16/h5,7-9,15-16H,4,6H2,1-3H3. The molecule has 0 aliphatic heterocycles. The van der Waals surface area contributed by atoms with Gasteiger partial charge in [0.25, 0.3) is 5.91 Å². The van der Waals surface area contributed by atoms with Crippen LogP contribution < -0.4 is 0 Å². The van der Waals surface area contributed by atoms with E-state index in [0.717, 1.165) is 12.8 Å². The Morgan fingerprint density at radius 3 is 2.65 bits per heavy atom. The Balaban J connectivity index is 2.93. The molecular weight excluding hydrogens is 218 g/mol. The van der Waals surface area contributed by atoms with Crippen LogP contribution in [-0.4, -0.2) is 34.1 Å². The van der Waals surface area contributed by atoms with Gasteiger partial charge < -0.3 is 15.1 Å². The third-order valence-electron chi connectivity index (χ3n) is 2.93. The minimum Gasteiger partial charge on any atom is -0.504 e. The van der Waals surface area contributed by atoms with Crippen molar-refractivity contribution in [3.05, 3.63) is 23.8 Å². The monoisotopic (exact) mass is 237 g/mol. The first kappa shape index (κ1) is 13.4. The van der Waals surface area contributed by atoms with Crippen LogP contribution in [0.5, 0.6) is 11.5 Å². The van der Waals surface area contributed by atoms with Gasteiger partial charge in [0, 0.05) is 13.1 Å². The van der Waals surface area contributed by atoms with Gasteiger partial charge in [-0.15, -0.1) is 0 Å². The van der Waals surface area contributed by atoms with E-state index in [0.29, 0.717) is 0 Å². The Morgan fingerprint density at radius 1 is 1.41 bits per heavy atom. The van der Waals surface area contributed by atoms with Gasteiger partial charge in [0.1, 0.15) is 0 Å². The van der Waals surface area contributed by atoms with Crippen LogP contribution >= 0.6 is 0 Å². The van der Waals surface area contributed by atoms with Crippen molar-refractivity contribution in [1.29, 1.82) is 0 Å². The number of hydrogen-bond acceptors (Lipinski definition) is 3. The number of hydrogen-bond donors (Lipinski definition) is 2. The molecule has 1 atom stereocenters. The Labute approximate surface area is 101 Å². The smallest absolute Gasteiger partial charge is 0.257 e. The molecule has 2 N–H and O–H groups in total. The predicted molar refractivity (Wildman–Crippen MR) is 66.2 cm³/mol. The van der Waals surface area contributed by atoms with E-state index >= 15 is 0 Å². The van der Waals surface area contributed by atoms with Crippen LogP contribution in [0.25, 0.3) is 0 Å². The molecule has 0 saturated carbocycles. The molecule has 0 bridgehead atoms. The molecule has 1 amide bonds. The van der Waals surface area contributed by atoms with Crippen molar-refractivity contribution >= 4 is 5.91 Å². The number of phenolic OH excluding ortho intramolecular Hbond substituents is 2. The normalized spacial score (nSPS) is 12.2. The van der Waals surface area contributed by atoms with Crippen molar-refractivity contribution in [3.8, 4) is 11.5 Å². The molecule has 1 rings (SSSR count). The number of carbonyl (C=O) groups excluding carboxylic acids is 1. The fourth-order valence-electron chi connectivity index (χ4n) is 1.71. The van der Waals surface area contributed by atoms with Crippen LogP contribution in [0.1, 0.15) is 37.0 Å². The van der Waals surface area contributed by atoms with E-state index in [1.807, 2.05) is 6.92 Å². The van der Waals surface area contributed by atoms with Gasteiger partial charge in [0.2, 0.25) is 0 Å². The maximum atomic E-state index is 12.1. The summed E-state index contributed by atoms with van der Waals surface area (Å²) >= 11 is 0. The summed E-state index contributed by atoms with van der Waals surface area (Å²) in [5, 5.41) is 19.0. The molecule has 0 radical (unpaired) electrons. The first-order valence-corrected chi connectivity index (χ1v) is 5.77. The van der Waals surface area contributed by atoms with E-state index in [9.17, 15) is 15.0 Å². The predicted octanol–water partition coefficient (Wildman–Crippen LogP) is 2.36. The second-order valence-corrected chi connectivity index (χ2v) is 4.23. The molecule has 0 saturated heterocycles. The summed E-state index contributed by atoms with van der Waals surface area (Å²) in [7, 11) is 1.70. The van der Waals surface area contributed by atoms with Gasteiger partial charge in [-0.2, -0.15) is 0 Å². The van der Waals surface area contributed by atoms with Crippen molar-refractivity contribution in [1.82, 2.24) is 4.90 Å².